The third kappa shape index (κ3) is 4.06. The summed E-state index contributed by atoms with van der Waals surface area (Å²) >= 11 is 0. The number of nitrogens with zero attached hydrogens (tertiary/aromatic N) is 5. The molecule has 34 heavy (non-hydrogen) atoms. The van der Waals surface area contributed by atoms with Gasteiger partial charge in [0.1, 0.15) is 17.3 Å². The van der Waals surface area contributed by atoms with E-state index >= 15 is 0 Å². The number of hydroxylamine groups is 2. The molecule has 1 saturated heterocycles. The first kappa shape index (κ1) is 21.5. The van der Waals surface area contributed by atoms with E-state index in [0.717, 1.165) is 16.7 Å². The lowest BCUT2D eigenvalue weighted by Gasteiger charge is -2.23. The van der Waals surface area contributed by atoms with E-state index in [1.54, 1.807) is 24.5 Å². The molecule has 0 spiro atoms. The van der Waals surface area contributed by atoms with Gasteiger partial charge in [0.05, 0.1) is 19.8 Å². The summed E-state index contributed by atoms with van der Waals surface area (Å²) in [5.74, 6) is -1.13. The number of carbonyl (C=O) groups excluding carboxylic acids is 1. The molecule has 0 radical (unpaired) electrons. The number of hydrogen-bond acceptors (Lipinski definition) is 7. The first-order valence-electron chi connectivity index (χ1n) is 10.3. The molecule has 4 heterocycles. The molecule has 5 rings (SSSR count). The predicted molar refractivity (Wildman–Crippen MR) is 118 cm³/mol. The second-order valence-corrected chi connectivity index (χ2v) is 7.57. The van der Waals surface area contributed by atoms with Crippen LogP contribution in [0, 0.1) is 11.6 Å². The van der Waals surface area contributed by atoms with Crippen LogP contribution in [-0.2, 0) is 4.84 Å². The van der Waals surface area contributed by atoms with Crippen molar-refractivity contribution in [3.05, 3.63) is 66.0 Å². The van der Waals surface area contributed by atoms with Crippen molar-refractivity contribution in [1.29, 1.82) is 0 Å². The zero-order valence-electron chi connectivity index (χ0n) is 17.9. The molecule has 0 aliphatic carbocycles. The van der Waals surface area contributed by atoms with Gasteiger partial charge in [0.15, 0.2) is 5.65 Å². The summed E-state index contributed by atoms with van der Waals surface area (Å²) in [4.78, 5) is 26.9. The van der Waals surface area contributed by atoms with Gasteiger partial charge in [0.2, 0.25) is 11.8 Å². The maximum Gasteiger partial charge on any atom is 0.346 e. The van der Waals surface area contributed by atoms with Gasteiger partial charge in [0, 0.05) is 36.0 Å². The van der Waals surface area contributed by atoms with Gasteiger partial charge in [0.25, 0.3) is 0 Å². The quantitative estimate of drug-likeness (QED) is 0.471. The minimum absolute atomic E-state index is 0.149. The van der Waals surface area contributed by atoms with Crippen LogP contribution in [0.1, 0.15) is 18.0 Å². The fourth-order valence-corrected chi connectivity index (χ4v) is 3.84. The molecular formula is C22H19F2N7O3. The van der Waals surface area contributed by atoms with Crippen molar-refractivity contribution in [1.82, 2.24) is 24.6 Å². The van der Waals surface area contributed by atoms with E-state index in [9.17, 15) is 13.6 Å². The lowest BCUT2D eigenvalue weighted by Crippen LogP contribution is -2.33. The SMILES string of the molecule is COc1ncc(-c2ccc3nc(N)nn3c2)cc1NC(=O)N1OCC[C@H]1c1cc(F)cc(F)c1. The van der Waals surface area contributed by atoms with E-state index in [2.05, 4.69) is 20.4 Å². The maximum absolute atomic E-state index is 13.7. The molecular weight excluding hydrogens is 448 g/mol. The van der Waals surface area contributed by atoms with Gasteiger partial charge >= 0.3 is 6.03 Å². The lowest BCUT2D eigenvalue weighted by molar-refractivity contribution is -0.0830. The zero-order chi connectivity index (χ0) is 23.8. The van der Waals surface area contributed by atoms with E-state index in [-0.39, 0.29) is 24.1 Å². The summed E-state index contributed by atoms with van der Waals surface area (Å²) < 4.78 is 34.3. The number of benzene rings is 1. The Bertz CT molecular complexity index is 1370. The van der Waals surface area contributed by atoms with E-state index in [4.69, 9.17) is 15.3 Å². The summed E-state index contributed by atoms with van der Waals surface area (Å²) in [6.07, 6.45) is 3.69. The number of ether oxygens (including phenoxy) is 1. The van der Waals surface area contributed by atoms with Crippen molar-refractivity contribution in [2.75, 3.05) is 24.8 Å². The van der Waals surface area contributed by atoms with Crippen molar-refractivity contribution < 1.29 is 23.1 Å². The fourth-order valence-electron chi connectivity index (χ4n) is 3.84. The highest BCUT2D eigenvalue weighted by molar-refractivity contribution is 5.91. The summed E-state index contributed by atoms with van der Waals surface area (Å²) in [7, 11) is 1.42. The summed E-state index contributed by atoms with van der Waals surface area (Å²) in [5.41, 5.74) is 8.22. The van der Waals surface area contributed by atoms with Gasteiger partial charge in [-0.15, -0.1) is 5.10 Å². The Morgan fingerprint density at radius 1 is 1.21 bits per heavy atom. The van der Waals surface area contributed by atoms with Crippen LogP contribution in [0.2, 0.25) is 0 Å². The highest BCUT2D eigenvalue weighted by Crippen LogP contribution is 2.33. The van der Waals surface area contributed by atoms with Crippen molar-refractivity contribution in [3.63, 3.8) is 0 Å². The number of pyridine rings is 2. The Labute approximate surface area is 191 Å². The first-order chi connectivity index (χ1) is 16.4. The first-order valence-corrected chi connectivity index (χ1v) is 10.3. The third-order valence-corrected chi connectivity index (χ3v) is 5.34. The smallest absolute Gasteiger partial charge is 0.346 e. The molecule has 2 amide bonds. The number of anilines is 2. The molecule has 12 heteroatoms. The standard InChI is InChI=1S/C22H19F2N7O3/c1-33-20-17(8-14(10-26-20)12-2-3-19-28-21(25)29-30(19)11-12)27-22(32)31-18(4-5-34-31)13-6-15(23)9-16(24)7-13/h2-3,6-11,18H,4-5H2,1H3,(H2,25,29)(H,27,32)/t18-/m0/s1. The number of aromatic nitrogens is 4. The number of fused-ring (bicyclic) bond motifs is 1. The molecule has 1 aromatic carbocycles. The molecule has 3 N–H and O–H groups in total. The molecule has 3 aromatic heterocycles. The molecule has 10 nitrogen and oxygen atoms in total. The van der Waals surface area contributed by atoms with Crippen LogP contribution >= 0.6 is 0 Å². The highest BCUT2D eigenvalue weighted by atomic mass is 19.1. The van der Waals surface area contributed by atoms with Crippen LogP contribution in [-0.4, -0.2) is 44.4 Å². The van der Waals surface area contributed by atoms with Gasteiger partial charge < -0.3 is 15.8 Å². The van der Waals surface area contributed by atoms with E-state index in [1.165, 1.54) is 23.8 Å². The molecule has 0 bridgehead atoms. The molecule has 174 valence electrons. The summed E-state index contributed by atoms with van der Waals surface area (Å²) in [6, 6.07) is 7.08. The average Bonchev–Trinajstić information content (AvgIpc) is 3.44. The number of nitrogen functional groups attached to an aromatic ring is 1. The van der Waals surface area contributed by atoms with E-state index in [0.29, 0.717) is 23.2 Å². The number of carbonyl (C=O) groups is 1. The molecule has 4 aromatic rings. The number of hydrogen-bond donors (Lipinski definition) is 2. The fraction of sp³-hybridized carbons (Fsp3) is 0.182. The molecule has 1 atom stereocenters. The number of rotatable bonds is 4. The van der Waals surface area contributed by atoms with Crippen LogP contribution in [0.15, 0.2) is 48.8 Å². The second kappa shape index (κ2) is 8.56. The van der Waals surface area contributed by atoms with Gasteiger partial charge in [-0.25, -0.2) is 23.1 Å². The van der Waals surface area contributed by atoms with Crippen LogP contribution < -0.4 is 15.8 Å². The molecule has 0 saturated carbocycles. The Hall–Kier alpha value is -4.32. The minimum Gasteiger partial charge on any atom is -0.480 e. The number of nitrogens with two attached hydrogens (primary N) is 1. The highest BCUT2D eigenvalue weighted by Gasteiger charge is 2.33. The largest absolute Gasteiger partial charge is 0.480 e. The molecule has 1 aliphatic rings. The van der Waals surface area contributed by atoms with Crippen LogP contribution in [0.5, 0.6) is 5.88 Å². The number of methoxy groups -OCH3 is 1. The Balaban J connectivity index is 1.43. The van der Waals surface area contributed by atoms with Crippen molar-refractivity contribution >= 4 is 23.3 Å². The Kier molecular flexibility index (Phi) is 5.42. The minimum atomic E-state index is -0.730. The number of urea groups is 1. The second-order valence-electron chi connectivity index (χ2n) is 7.57. The lowest BCUT2D eigenvalue weighted by atomic mass is 10.0. The van der Waals surface area contributed by atoms with E-state index in [1.807, 2.05) is 6.07 Å². The van der Waals surface area contributed by atoms with E-state index < -0.39 is 23.7 Å². The number of halogens is 2. The normalized spacial score (nSPS) is 15.6. The molecule has 0 unspecified atom stereocenters. The topological polar surface area (TPSA) is 120 Å². The Morgan fingerprint density at radius 2 is 2.00 bits per heavy atom. The summed E-state index contributed by atoms with van der Waals surface area (Å²) in [6.45, 7) is 0.215. The van der Waals surface area contributed by atoms with Crippen molar-refractivity contribution in [2.24, 2.45) is 0 Å². The third-order valence-electron chi connectivity index (χ3n) is 5.34. The molecule has 1 fully saturated rings. The monoisotopic (exact) mass is 467 g/mol. The zero-order valence-corrected chi connectivity index (χ0v) is 17.9. The maximum atomic E-state index is 13.7. The predicted octanol–water partition coefficient (Wildman–Crippen LogP) is 3.57. The number of nitrogens with one attached hydrogen (secondary N) is 1. The molecule has 1 aliphatic heterocycles. The van der Waals surface area contributed by atoms with Gasteiger partial charge in [-0.1, -0.05) is 0 Å². The van der Waals surface area contributed by atoms with Gasteiger partial charge in [-0.2, -0.15) is 10.0 Å². The number of amides is 2. The average molecular weight is 467 g/mol. The summed E-state index contributed by atoms with van der Waals surface area (Å²) in [5, 5.41) is 7.87. The van der Waals surface area contributed by atoms with Crippen molar-refractivity contribution in [3.8, 4) is 17.0 Å². The van der Waals surface area contributed by atoms with Gasteiger partial charge in [-0.3, -0.25) is 4.84 Å². The Morgan fingerprint density at radius 3 is 2.76 bits per heavy atom. The van der Waals surface area contributed by atoms with Crippen LogP contribution in [0.3, 0.4) is 0 Å². The van der Waals surface area contributed by atoms with Crippen LogP contribution in [0.4, 0.5) is 25.2 Å². The van der Waals surface area contributed by atoms with Gasteiger partial charge in [-0.05, 0) is 35.9 Å². The van der Waals surface area contributed by atoms with Crippen LogP contribution in [0.25, 0.3) is 16.8 Å². The van der Waals surface area contributed by atoms with Crippen molar-refractivity contribution in [2.45, 2.75) is 12.5 Å².